The van der Waals surface area contributed by atoms with Gasteiger partial charge in [0, 0.05) is 10.6 Å². The van der Waals surface area contributed by atoms with Gasteiger partial charge in [-0.15, -0.1) is 16.9 Å². The number of hydrogen-bond donors (Lipinski definition) is 1. The summed E-state index contributed by atoms with van der Waals surface area (Å²) < 4.78 is 1.56. The standard InChI is InChI=1S/C13H15N3O2S/c1-9-3-4-10(2)12(7-9)19-6-5-16-8-11(13(17)18)14-15-16/h3-4,7-8H,5-6H2,1-2H3,(H,17,18). The zero-order valence-electron chi connectivity index (χ0n) is 10.8. The second kappa shape index (κ2) is 5.88. The van der Waals surface area contributed by atoms with Crippen LogP contribution in [0.2, 0.25) is 0 Å². The van der Waals surface area contributed by atoms with Crippen LogP contribution in [0.3, 0.4) is 0 Å². The van der Waals surface area contributed by atoms with Crippen molar-refractivity contribution in [1.29, 1.82) is 0 Å². The molecule has 6 heteroatoms. The first kappa shape index (κ1) is 13.6. The molecule has 1 aromatic heterocycles. The molecule has 0 radical (unpaired) electrons. The Bertz CT molecular complexity index is 595. The van der Waals surface area contributed by atoms with E-state index in [-0.39, 0.29) is 5.69 Å². The lowest BCUT2D eigenvalue weighted by Gasteiger charge is -2.06. The fraction of sp³-hybridized carbons (Fsp3) is 0.308. The van der Waals surface area contributed by atoms with Gasteiger partial charge >= 0.3 is 5.97 Å². The summed E-state index contributed by atoms with van der Waals surface area (Å²) in [6.45, 7) is 4.79. The topological polar surface area (TPSA) is 68.0 Å². The fourth-order valence-corrected chi connectivity index (χ4v) is 2.68. The maximum Gasteiger partial charge on any atom is 0.358 e. The summed E-state index contributed by atoms with van der Waals surface area (Å²) in [5.41, 5.74) is 2.47. The third kappa shape index (κ3) is 3.57. The van der Waals surface area contributed by atoms with Gasteiger partial charge in [0.15, 0.2) is 5.69 Å². The Balaban J connectivity index is 1.92. The smallest absolute Gasteiger partial charge is 0.358 e. The summed E-state index contributed by atoms with van der Waals surface area (Å²) in [7, 11) is 0. The van der Waals surface area contributed by atoms with Crippen LogP contribution < -0.4 is 0 Å². The van der Waals surface area contributed by atoms with Crippen LogP contribution in [-0.2, 0) is 6.54 Å². The lowest BCUT2D eigenvalue weighted by Crippen LogP contribution is -2.01. The quantitative estimate of drug-likeness (QED) is 0.850. The lowest BCUT2D eigenvalue weighted by molar-refractivity contribution is 0.0690. The highest BCUT2D eigenvalue weighted by Gasteiger charge is 2.08. The van der Waals surface area contributed by atoms with Gasteiger partial charge in [0.2, 0.25) is 0 Å². The van der Waals surface area contributed by atoms with Crippen molar-refractivity contribution in [3.05, 3.63) is 41.2 Å². The molecule has 0 aliphatic carbocycles. The number of carbonyl (C=O) groups is 1. The Hall–Kier alpha value is -1.82. The van der Waals surface area contributed by atoms with Gasteiger partial charge in [-0.3, -0.25) is 4.68 Å². The molecule has 1 N–H and O–H groups in total. The van der Waals surface area contributed by atoms with Gasteiger partial charge in [-0.25, -0.2) is 4.79 Å². The summed E-state index contributed by atoms with van der Waals surface area (Å²) in [6, 6.07) is 6.36. The van der Waals surface area contributed by atoms with Crippen molar-refractivity contribution in [2.45, 2.75) is 25.3 Å². The van der Waals surface area contributed by atoms with Gasteiger partial charge in [-0.2, -0.15) is 0 Å². The average Bonchev–Trinajstić information content (AvgIpc) is 2.82. The predicted octanol–water partition coefficient (Wildman–Crippen LogP) is 2.39. The largest absolute Gasteiger partial charge is 0.476 e. The molecular formula is C13H15N3O2S. The molecular weight excluding hydrogens is 262 g/mol. The van der Waals surface area contributed by atoms with Crippen molar-refractivity contribution in [2.75, 3.05) is 5.75 Å². The number of nitrogens with zero attached hydrogens (tertiary/aromatic N) is 3. The van der Waals surface area contributed by atoms with Crippen molar-refractivity contribution < 1.29 is 9.90 Å². The SMILES string of the molecule is Cc1ccc(C)c(SCCn2cc(C(=O)O)nn2)c1. The zero-order chi connectivity index (χ0) is 13.8. The van der Waals surface area contributed by atoms with E-state index in [2.05, 4.69) is 42.4 Å². The highest BCUT2D eigenvalue weighted by atomic mass is 32.2. The monoisotopic (exact) mass is 277 g/mol. The van der Waals surface area contributed by atoms with E-state index in [0.29, 0.717) is 6.54 Å². The van der Waals surface area contributed by atoms with Crippen LogP contribution in [0.4, 0.5) is 0 Å². The Morgan fingerprint density at radius 2 is 2.21 bits per heavy atom. The molecule has 0 unspecified atom stereocenters. The summed E-state index contributed by atoms with van der Waals surface area (Å²) in [5.74, 6) is -0.222. The first-order valence-corrected chi connectivity index (χ1v) is 6.88. The van der Waals surface area contributed by atoms with E-state index in [1.54, 1.807) is 16.4 Å². The van der Waals surface area contributed by atoms with Crippen LogP contribution in [0.5, 0.6) is 0 Å². The summed E-state index contributed by atoms with van der Waals surface area (Å²) in [5, 5.41) is 16.1. The second-order valence-electron chi connectivity index (χ2n) is 4.29. The lowest BCUT2D eigenvalue weighted by atomic mass is 10.2. The number of carboxylic acids is 1. The average molecular weight is 277 g/mol. The number of carboxylic acid groups (broad SMARTS) is 1. The number of aryl methyl sites for hydroxylation is 3. The molecule has 100 valence electrons. The van der Waals surface area contributed by atoms with E-state index < -0.39 is 5.97 Å². The molecule has 0 atom stereocenters. The first-order valence-electron chi connectivity index (χ1n) is 5.90. The van der Waals surface area contributed by atoms with Crippen molar-refractivity contribution in [2.24, 2.45) is 0 Å². The minimum absolute atomic E-state index is 0.0169. The number of hydrogen-bond acceptors (Lipinski definition) is 4. The van der Waals surface area contributed by atoms with E-state index in [1.807, 2.05) is 0 Å². The minimum atomic E-state index is -1.05. The van der Waals surface area contributed by atoms with Crippen LogP contribution in [0.1, 0.15) is 21.6 Å². The van der Waals surface area contributed by atoms with E-state index in [0.717, 1.165) is 5.75 Å². The molecule has 5 nitrogen and oxygen atoms in total. The Kier molecular flexibility index (Phi) is 4.21. The van der Waals surface area contributed by atoms with Gasteiger partial charge in [0.25, 0.3) is 0 Å². The van der Waals surface area contributed by atoms with Crippen LogP contribution in [0.25, 0.3) is 0 Å². The summed E-state index contributed by atoms with van der Waals surface area (Å²) >= 11 is 1.74. The molecule has 0 aliphatic heterocycles. The number of thioether (sulfide) groups is 1. The molecule has 0 fully saturated rings. The van der Waals surface area contributed by atoms with Gasteiger partial charge in [-0.1, -0.05) is 22.9 Å². The van der Waals surface area contributed by atoms with E-state index in [9.17, 15) is 4.79 Å². The van der Waals surface area contributed by atoms with Crippen molar-refractivity contribution in [1.82, 2.24) is 15.0 Å². The first-order chi connectivity index (χ1) is 9.06. The number of aromatic carboxylic acids is 1. The van der Waals surface area contributed by atoms with Crippen LogP contribution >= 0.6 is 11.8 Å². The van der Waals surface area contributed by atoms with E-state index in [1.165, 1.54) is 22.2 Å². The number of rotatable bonds is 5. The normalized spacial score (nSPS) is 10.6. The summed E-state index contributed by atoms with van der Waals surface area (Å²) in [4.78, 5) is 11.9. The molecule has 19 heavy (non-hydrogen) atoms. The minimum Gasteiger partial charge on any atom is -0.476 e. The highest BCUT2D eigenvalue weighted by molar-refractivity contribution is 7.99. The van der Waals surface area contributed by atoms with Crippen molar-refractivity contribution in [3.63, 3.8) is 0 Å². The molecule has 0 amide bonds. The van der Waals surface area contributed by atoms with Gasteiger partial charge in [0.1, 0.15) is 0 Å². The highest BCUT2D eigenvalue weighted by Crippen LogP contribution is 2.23. The summed E-state index contributed by atoms with van der Waals surface area (Å²) in [6.07, 6.45) is 1.45. The maximum absolute atomic E-state index is 10.7. The molecule has 2 aromatic rings. The third-order valence-electron chi connectivity index (χ3n) is 2.68. The Labute approximate surface area is 115 Å². The van der Waals surface area contributed by atoms with E-state index in [4.69, 9.17) is 5.11 Å². The molecule has 0 aliphatic rings. The van der Waals surface area contributed by atoms with Crippen LogP contribution in [-0.4, -0.2) is 31.8 Å². The Morgan fingerprint density at radius 3 is 2.89 bits per heavy atom. The van der Waals surface area contributed by atoms with Crippen molar-refractivity contribution >= 4 is 17.7 Å². The molecule has 0 spiro atoms. The molecule has 0 bridgehead atoms. The molecule has 0 saturated carbocycles. The second-order valence-corrected chi connectivity index (χ2v) is 5.43. The molecule has 1 aromatic carbocycles. The zero-order valence-corrected chi connectivity index (χ0v) is 11.6. The molecule has 2 rings (SSSR count). The van der Waals surface area contributed by atoms with Gasteiger partial charge in [-0.05, 0) is 25.5 Å². The van der Waals surface area contributed by atoms with Crippen molar-refractivity contribution in [3.8, 4) is 0 Å². The fourth-order valence-electron chi connectivity index (χ4n) is 1.62. The Morgan fingerprint density at radius 1 is 1.42 bits per heavy atom. The van der Waals surface area contributed by atoms with Gasteiger partial charge < -0.3 is 5.11 Å². The number of benzene rings is 1. The third-order valence-corrected chi connectivity index (χ3v) is 3.82. The molecule has 0 saturated heterocycles. The maximum atomic E-state index is 10.7. The molecule has 1 heterocycles. The van der Waals surface area contributed by atoms with Crippen LogP contribution in [0.15, 0.2) is 29.3 Å². The van der Waals surface area contributed by atoms with Gasteiger partial charge in [0.05, 0.1) is 12.7 Å². The predicted molar refractivity (Wildman–Crippen MR) is 73.6 cm³/mol. The number of aromatic nitrogens is 3. The van der Waals surface area contributed by atoms with Crippen LogP contribution in [0, 0.1) is 13.8 Å². The van der Waals surface area contributed by atoms with E-state index >= 15 is 0 Å².